The lowest BCUT2D eigenvalue weighted by molar-refractivity contribution is 0.0900. The summed E-state index contributed by atoms with van der Waals surface area (Å²) >= 11 is 6.23. The molecule has 5 heteroatoms. The number of carbonyl (C=O) groups excluding carboxylic acids is 1. The van der Waals surface area contributed by atoms with E-state index in [1.54, 1.807) is 4.90 Å². The van der Waals surface area contributed by atoms with Gasteiger partial charge in [0.05, 0.1) is 12.3 Å². The smallest absolute Gasteiger partial charge is 0.409 e. The molecular formula is C23H27ClN2O2. The van der Waals surface area contributed by atoms with Crippen LogP contribution in [0.15, 0.2) is 43.1 Å². The van der Waals surface area contributed by atoms with Crippen LogP contribution in [0.2, 0.25) is 5.02 Å². The summed E-state index contributed by atoms with van der Waals surface area (Å²) in [6, 6.07) is 10.1. The first-order valence-corrected chi connectivity index (χ1v) is 10.2. The van der Waals surface area contributed by atoms with Crippen molar-refractivity contribution in [2.75, 3.05) is 19.7 Å². The van der Waals surface area contributed by atoms with Gasteiger partial charge in [-0.1, -0.05) is 36.4 Å². The van der Waals surface area contributed by atoms with Crippen LogP contribution in [0.3, 0.4) is 0 Å². The highest BCUT2D eigenvalue weighted by molar-refractivity contribution is 6.30. The summed E-state index contributed by atoms with van der Waals surface area (Å²) in [7, 11) is 0. The largest absolute Gasteiger partial charge is 0.450 e. The number of amides is 1. The number of aryl methyl sites for hydroxylation is 1. The van der Waals surface area contributed by atoms with Gasteiger partial charge in [0.1, 0.15) is 0 Å². The van der Waals surface area contributed by atoms with E-state index >= 15 is 0 Å². The maximum Gasteiger partial charge on any atom is 0.409 e. The Labute approximate surface area is 172 Å². The van der Waals surface area contributed by atoms with Crippen molar-refractivity contribution < 1.29 is 9.53 Å². The molecule has 148 valence electrons. The Morgan fingerprint density at radius 3 is 2.79 bits per heavy atom. The third-order valence-electron chi connectivity index (χ3n) is 5.49. The minimum absolute atomic E-state index is 0.135. The van der Waals surface area contributed by atoms with Crippen molar-refractivity contribution in [2.24, 2.45) is 5.92 Å². The third-order valence-corrected chi connectivity index (χ3v) is 5.72. The second kappa shape index (κ2) is 9.24. The van der Waals surface area contributed by atoms with Crippen molar-refractivity contribution in [1.82, 2.24) is 9.88 Å². The molecule has 0 N–H and O–H groups in total. The zero-order valence-electron chi connectivity index (χ0n) is 16.5. The van der Waals surface area contributed by atoms with Crippen LogP contribution >= 0.6 is 11.6 Å². The molecule has 4 nitrogen and oxygen atoms in total. The Kier molecular flexibility index (Phi) is 6.74. The molecule has 0 spiro atoms. The molecule has 1 aliphatic rings. The van der Waals surface area contributed by atoms with E-state index in [2.05, 4.69) is 25.6 Å². The Balaban J connectivity index is 1.94. The molecule has 0 bridgehead atoms. The summed E-state index contributed by atoms with van der Waals surface area (Å²) in [4.78, 5) is 18.6. The molecule has 1 saturated heterocycles. The Hall–Kier alpha value is -2.33. The van der Waals surface area contributed by atoms with Gasteiger partial charge in [0.15, 0.2) is 0 Å². The number of nitrogens with zero attached hydrogens (tertiary/aromatic N) is 2. The predicted octanol–water partition coefficient (Wildman–Crippen LogP) is 5.69. The second-order valence-electron chi connectivity index (χ2n) is 7.18. The average molecular weight is 399 g/mol. The summed E-state index contributed by atoms with van der Waals surface area (Å²) in [5, 5.41) is 0.701. The predicted molar refractivity (Wildman–Crippen MR) is 114 cm³/mol. The highest BCUT2D eigenvalue weighted by Gasteiger charge is 2.33. The number of piperidine rings is 1. The molecule has 1 amide bonds. The quantitative estimate of drug-likeness (QED) is 0.650. The van der Waals surface area contributed by atoms with Gasteiger partial charge in [0.2, 0.25) is 0 Å². The van der Waals surface area contributed by atoms with E-state index in [0.29, 0.717) is 30.6 Å². The molecule has 0 aliphatic carbocycles. The van der Waals surface area contributed by atoms with Crippen LogP contribution in [0.25, 0.3) is 6.08 Å². The fraction of sp³-hybridized carbons (Fsp3) is 0.391. The molecular weight excluding hydrogens is 372 g/mol. The van der Waals surface area contributed by atoms with E-state index in [-0.39, 0.29) is 12.0 Å². The van der Waals surface area contributed by atoms with Crippen LogP contribution in [-0.2, 0) is 4.74 Å². The van der Waals surface area contributed by atoms with Gasteiger partial charge in [-0.15, -0.1) is 0 Å². The van der Waals surface area contributed by atoms with Crippen LogP contribution in [-0.4, -0.2) is 35.7 Å². The maximum absolute atomic E-state index is 12.1. The van der Waals surface area contributed by atoms with Crippen molar-refractivity contribution in [2.45, 2.75) is 32.6 Å². The normalized spacial score (nSPS) is 15.9. The molecule has 1 atom stereocenters. The first-order chi connectivity index (χ1) is 13.5. The second-order valence-corrected chi connectivity index (χ2v) is 7.62. The number of carbonyl (C=O) groups is 1. The van der Waals surface area contributed by atoms with E-state index in [0.717, 1.165) is 24.1 Å². The Bertz CT molecular complexity index is 844. The van der Waals surface area contributed by atoms with Gasteiger partial charge >= 0.3 is 6.09 Å². The van der Waals surface area contributed by atoms with Crippen molar-refractivity contribution in [3.63, 3.8) is 0 Å². The monoisotopic (exact) mass is 398 g/mol. The molecule has 2 aromatic rings. The first kappa shape index (κ1) is 20.4. The maximum atomic E-state index is 12.1. The molecule has 3 rings (SSSR count). The topological polar surface area (TPSA) is 42.4 Å². The summed E-state index contributed by atoms with van der Waals surface area (Å²) in [5.74, 6) is 0.509. The molecule has 1 aromatic heterocycles. The van der Waals surface area contributed by atoms with E-state index in [1.165, 1.54) is 11.1 Å². The molecule has 1 unspecified atom stereocenters. The Morgan fingerprint density at radius 1 is 1.39 bits per heavy atom. The van der Waals surface area contributed by atoms with Crippen LogP contribution in [0.1, 0.15) is 48.1 Å². The molecule has 1 aliphatic heterocycles. The number of likely N-dealkylation sites (tertiary alicyclic amines) is 1. The molecule has 0 saturated carbocycles. The summed E-state index contributed by atoms with van der Waals surface area (Å²) in [6.07, 6.45) is 5.30. The molecule has 0 radical (unpaired) electrons. The Morgan fingerprint density at radius 2 is 2.14 bits per heavy atom. The van der Waals surface area contributed by atoms with Crippen molar-refractivity contribution >= 4 is 23.8 Å². The van der Waals surface area contributed by atoms with E-state index < -0.39 is 0 Å². The summed E-state index contributed by atoms with van der Waals surface area (Å²) in [5.41, 5.74) is 4.49. The zero-order valence-corrected chi connectivity index (χ0v) is 17.3. The van der Waals surface area contributed by atoms with Gasteiger partial charge in [0, 0.05) is 30.2 Å². The standard InChI is InChI=1S/C23H27ClN2O2/c1-4-17-15-19(24)8-9-20(17)21(22-16(3)7-6-12-25-22)18-10-13-26(14-11-18)23(27)28-5-2/h4,6-9,12,15,18,21H,1,5,10-11,13-14H2,2-3H3. The fourth-order valence-electron chi connectivity index (χ4n) is 4.08. The van der Waals surface area contributed by atoms with Crippen molar-refractivity contribution in [3.8, 4) is 0 Å². The first-order valence-electron chi connectivity index (χ1n) is 9.80. The number of pyridine rings is 1. The zero-order chi connectivity index (χ0) is 20.1. The highest BCUT2D eigenvalue weighted by Crippen LogP contribution is 2.40. The van der Waals surface area contributed by atoms with Gasteiger partial charge in [-0.2, -0.15) is 0 Å². The van der Waals surface area contributed by atoms with E-state index in [4.69, 9.17) is 21.3 Å². The van der Waals surface area contributed by atoms with Crippen LogP contribution in [0.4, 0.5) is 4.79 Å². The number of hydrogen-bond acceptors (Lipinski definition) is 3. The van der Waals surface area contributed by atoms with Crippen LogP contribution < -0.4 is 0 Å². The number of rotatable bonds is 5. The third kappa shape index (κ3) is 4.39. The lowest BCUT2D eigenvalue weighted by atomic mass is 9.75. The minimum atomic E-state index is -0.218. The van der Waals surface area contributed by atoms with Gasteiger partial charge in [0.25, 0.3) is 0 Å². The van der Waals surface area contributed by atoms with Crippen molar-refractivity contribution in [1.29, 1.82) is 0 Å². The lowest BCUT2D eigenvalue weighted by Crippen LogP contribution is -2.40. The summed E-state index contributed by atoms with van der Waals surface area (Å²) in [6.45, 7) is 9.72. The number of ether oxygens (including phenoxy) is 1. The minimum Gasteiger partial charge on any atom is -0.450 e. The SMILES string of the molecule is C=Cc1cc(Cl)ccc1C(c1ncccc1C)C1CCN(C(=O)OCC)CC1. The summed E-state index contributed by atoms with van der Waals surface area (Å²) < 4.78 is 5.16. The van der Waals surface area contributed by atoms with Crippen molar-refractivity contribution in [3.05, 3.63) is 70.5 Å². The van der Waals surface area contributed by atoms with E-state index in [1.807, 2.05) is 37.4 Å². The molecule has 28 heavy (non-hydrogen) atoms. The number of aromatic nitrogens is 1. The van der Waals surface area contributed by atoms with Gasteiger partial charge in [-0.25, -0.2) is 4.79 Å². The number of benzene rings is 1. The average Bonchev–Trinajstić information content (AvgIpc) is 2.71. The van der Waals surface area contributed by atoms with Gasteiger partial charge in [-0.3, -0.25) is 4.98 Å². The number of hydrogen-bond donors (Lipinski definition) is 0. The molecule has 1 aromatic carbocycles. The number of halogens is 1. The lowest BCUT2D eigenvalue weighted by Gasteiger charge is -2.36. The van der Waals surface area contributed by atoms with Gasteiger partial charge in [-0.05, 0) is 67.5 Å². The van der Waals surface area contributed by atoms with Crippen LogP contribution in [0.5, 0.6) is 0 Å². The molecule has 1 fully saturated rings. The van der Waals surface area contributed by atoms with E-state index in [9.17, 15) is 4.79 Å². The van der Waals surface area contributed by atoms with Gasteiger partial charge < -0.3 is 9.64 Å². The highest BCUT2D eigenvalue weighted by atomic mass is 35.5. The molecule has 2 heterocycles. The fourth-order valence-corrected chi connectivity index (χ4v) is 4.26. The van der Waals surface area contributed by atoms with Crippen LogP contribution in [0, 0.1) is 12.8 Å².